The topological polar surface area (TPSA) is 87.1 Å². The first-order valence-electron chi connectivity index (χ1n) is 6.65. The van der Waals surface area contributed by atoms with E-state index < -0.39 is 5.97 Å². The summed E-state index contributed by atoms with van der Waals surface area (Å²) < 4.78 is 5.10. The van der Waals surface area contributed by atoms with Gasteiger partial charge in [0, 0.05) is 12.3 Å². The van der Waals surface area contributed by atoms with E-state index in [1.54, 1.807) is 25.1 Å². The van der Waals surface area contributed by atoms with E-state index in [1.165, 1.54) is 23.8 Å². The Morgan fingerprint density at radius 3 is 2.86 bits per heavy atom. The lowest BCUT2D eigenvalue weighted by Gasteiger charge is -2.26. The second-order valence-electron chi connectivity index (χ2n) is 4.87. The summed E-state index contributed by atoms with van der Waals surface area (Å²) in [5, 5.41) is 18.7. The van der Waals surface area contributed by atoms with Gasteiger partial charge in [-0.2, -0.15) is 0 Å². The quantitative estimate of drug-likeness (QED) is 0.820. The number of phenols is 1. The highest BCUT2D eigenvalue weighted by Crippen LogP contribution is 2.33. The summed E-state index contributed by atoms with van der Waals surface area (Å²) in [6.45, 7) is 1.87. The monoisotopic (exact) mass is 323 g/mol. The third-order valence-corrected chi connectivity index (χ3v) is 4.24. The van der Waals surface area contributed by atoms with Crippen LogP contribution in [0.4, 0.5) is 0 Å². The lowest BCUT2D eigenvalue weighted by molar-refractivity contribution is -0.142. The molecule has 6 nitrogen and oxygen atoms in total. The molecule has 1 aromatic carbocycles. The fraction of sp³-hybridized carbons (Fsp3) is 0.333. The molecule has 1 aliphatic rings. The highest BCUT2D eigenvalue weighted by atomic mass is 32.2. The van der Waals surface area contributed by atoms with Gasteiger partial charge in [-0.3, -0.25) is 9.59 Å². The Balaban J connectivity index is 2.30. The summed E-state index contributed by atoms with van der Waals surface area (Å²) in [5.74, 6) is -0.258. The first-order chi connectivity index (χ1) is 10.4. The number of benzene rings is 1. The Labute approximate surface area is 132 Å². The van der Waals surface area contributed by atoms with Crippen LogP contribution in [-0.4, -0.2) is 52.9 Å². The Morgan fingerprint density at radius 2 is 2.23 bits per heavy atom. The number of thioether (sulfide) groups is 1. The van der Waals surface area contributed by atoms with Crippen LogP contribution in [0.15, 0.2) is 17.0 Å². The second kappa shape index (κ2) is 6.74. The molecule has 1 heterocycles. The summed E-state index contributed by atoms with van der Waals surface area (Å²) in [5.41, 5.74) is 1.36. The number of rotatable bonds is 4. The van der Waals surface area contributed by atoms with Gasteiger partial charge in [-0.15, -0.1) is 11.8 Å². The number of hydrogen-bond acceptors (Lipinski definition) is 5. The van der Waals surface area contributed by atoms with Crippen molar-refractivity contribution in [3.63, 3.8) is 0 Å². The van der Waals surface area contributed by atoms with Crippen molar-refractivity contribution in [2.45, 2.75) is 6.92 Å². The lowest BCUT2D eigenvalue weighted by Crippen LogP contribution is -2.40. The molecule has 2 rings (SSSR count). The number of aromatic hydroxyl groups is 1. The van der Waals surface area contributed by atoms with E-state index in [4.69, 9.17) is 9.84 Å². The van der Waals surface area contributed by atoms with Gasteiger partial charge < -0.3 is 19.8 Å². The van der Waals surface area contributed by atoms with Gasteiger partial charge in [0.2, 0.25) is 0 Å². The number of ether oxygens (including phenoxy) is 1. The van der Waals surface area contributed by atoms with Crippen molar-refractivity contribution in [3.8, 4) is 11.5 Å². The zero-order valence-corrected chi connectivity index (χ0v) is 13.1. The molecule has 0 aromatic heterocycles. The third-order valence-electron chi connectivity index (χ3n) is 3.25. The van der Waals surface area contributed by atoms with E-state index in [0.29, 0.717) is 28.5 Å². The van der Waals surface area contributed by atoms with E-state index >= 15 is 0 Å². The van der Waals surface area contributed by atoms with E-state index in [1.807, 2.05) is 0 Å². The Morgan fingerprint density at radius 1 is 1.50 bits per heavy atom. The molecule has 0 saturated carbocycles. The van der Waals surface area contributed by atoms with Crippen molar-refractivity contribution in [3.05, 3.63) is 28.2 Å². The average molecular weight is 323 g/mol. The molecule has 0 radical (unpaired) electrons. The molecule has 0 unspecified atom stereocenters. The van der Waals surface area contributed by atoms with Gasteiger partial charge in [0.25, 0.3) is 5.91 Å². The number of hydrogen-bond donors (Lipinski definition) is 2. The minimum absolute atomic E-state index is 0.0692. The lowest BCUT2D eigenvalue weighted by atomic mass is 10.1. The molecule has 0 spiro atoms. The Bertz CT molecular complexity index is 641. The van der Waals surface area contributed by atoms with E-state index in [0.717, 1.165) is 5.56 Å². The number of methoxy groups -OCH3 is 1. The van der Waals surface area contributed by atoms with Crippen molar-refractivity contribution < 1.29 is 24.5 Å². The first-order valence-corrected chi connectivity index (χ1v) is 7.64. The van der Waals surface area contributed by atoms with Gasteiger partial charge in [0.1, 0.15) is 6.54 Å². The van der Waals surface area contributed by atoms with Crippen LogP contribution in [0.1, 0.15) is 11.1 Å². The third kappa shape index (κ3) is 3.54. The smallest absolute Gasteiger partial charge is 0.323 e. The number of aryl methyl sites for hydroxylation is 1. The predicted molar refractivity (Wildman–Crippen MR) is 84.0 cm³/mol. The molecule has 2 N–H and O–H groups in total. The van der Waals surface area contributed by atoms with Gasteiger partial charge in [0.05, 0.1) is 12.0 Å². The number of amides is 1. The summed E-state index contributed by atoms with van der Waals surface area (Å²) in [6, 6.07) is 3.38. The SMILES string of the molecule is COc1cc(/C=C2/SCCN(CC(=O)O)C2=O)cc(C)c1O. The summed E-state index contributed by atoms with van der Waals surface area (Å²) >= 11 is 1.39. The highest BCUT2D eigenvalue weighted by Gasteiger charge is 2.25. The zero-order chi connectivity index (χ0) is 16.3. The molecule has 1 aliphatic heterocycles. The second-order valence-corrected chi connectivity index (χ2v) is 6.00. The maximum atomic E-state index is 12.3. The minimum Gasteiger partial charge on any atom is -0.504 e. The molecular weight excluding hydrogens is 306 g/mol. The van der Waals surface area contributed by atoms with Gasteiger partial charge in [-0.05, 0) is 36.3 Å². The molecule has 1 aromatic rings. The largest absolute Gasteiger partial charge is 0.504 e. The molecule has 22 heavy (non-hydrogen) atoms. The molecule has 1 fully saturated rings. The first kappa shape index (κ1) is 16.2. The van der Waals surface area contributed by atoms with E-state index in [2.05, 4.69) is 0 Å². The van der Waals surface area contributed by atoms with Crippen LogP contribution in [-0.2, 0) is 9.59 Å². The number of carboxylic acid groups (broad SMARTS) is 1. The van der Waals surface area contributed by atoms with Crippen LogP contribution in [0.25, 0.3) is 6.08 Å². The fourth-order valence-corrected chi connectivity index (χ4v) is 3.17. The van der Waals surface area contributed by atoms with Crippen LogP contribution in [0.3, 0.4) is 0 Å². The number of nitrogens with zero attached hydrogens (tertiary/aromatic N) is 1. The molecule has 1 amide bonds. The number of phenolic OH excluding ortho intramolecular Hbond substituents is 1. The van der Waals surface area contributed by atoms with Crippen LogP contribution >= 0.6 is 11.8 Å². The summed E-state index contributed by atoms with van der Waals surface area (Å²) in [4.78, 5) is 24.8. The van der Waals surface area contributed by atoms with E-state index in [-0.39, 0.29) is 18.2 Å². The van der Waals surface area contributed by atoms with E-state index in [9.17, 15) is 14.7 Å². The number of carbonyl (C=O) groups excluding carboxylic acids is 1. The van der Waals surface area contributed by atoms with Crippen LogP contribution < -0.4 is 4.74 Å². The van der Waals surface area contributed by atoms with Gasteiger partial charge in [-0.1, -0.05) is 0 Å². The Hall–Kier alpha value is -2.15. The molecule has 118 valence electrons. The highest BCUT2D eigenvalue weighted by molar-refractivity contribution is 8.04. The van der Waals surface area contributed by atoms with Crippen LogP contribution in [0.5, 0.6) is 11.5 Å². The molecule has 7 heteroatoms. The Kier molecular flexibility index (Phi) is 4.97. The molecule has 0 bridgehead atoms. The van der Waals surface area contributed by atoms with Crippen LogP contribution in [0.2, 0.25) is 0 Å². The van der Waals surface area contributed by atoms with Crippen molar-refractivity contribution in [2.75, 3.05) is 26.0 Å². The van der Waals surface area contributed by atoms with Crippen molar-refractivity contribution in [2.24, 2.45) is 0 Å². The molecule has 1 saturated heterocycles. The van der Waals surface area contributed by atoms with Crippen molar-refractivity contribution in [1.82, 2.24) is 4.90 Å². The molecule has 0 atom stereocenters. The van der Waals surface area contributed by atoms with Crippen LogP contribution in [0, 0.1) is 6.92 Å². The van der Waals surface area contributed by atoms with Gasteiger partial charge >= 0.3 is 5.97 Å². The van der Waals surface area contributed by atoms with Crippen molar-refractivity contribution in [1.29, 1.82) is 0 Å². The minimum atomic E-state index is -1.03. The summed E-state index contributed by atoms with van der Waals surface area (Å²) in [6.07, 6.45) is 1.69. The number of carbonyl (C=O) groups is 2. The maximum absolute atomic E-state index is 12.3. The van der Waals surface area contributed by atoms with Gasteiger partial charge in [-0.25, -0.2) is 0 Å². The predicted octanol–water partition coefficient (Wildman–Crippen LogP) is 1.71. The fourth-order valence-electron chi connectivity index (χ4n) is 2.17. The zero-order valence-electron chi connectivity index (χ0n) is 12.3. The average Bonchev–Trinajstić information content (AvgIpc) is 2.46. The maximum Gasteiger partial charge on any atom is 0.323 e. The van der Waals surface area contributed by atoms with Gasteiger partial charge in [0.15, 0.2) is 11.5 Å². The van der Waals surface area contributed by atoms with Crippen molar-refractivity contribution >= 4 is 29.7 Å². The number of aliphatic carboxylic acids is 1. The standard InChI is InChI=1S/C15H17NO5S/c1-9-5-10(6-11(21-2)14(9)19)7-12-15(20)16(3-4-22-12)8-13(17)18/h5-7,19H,3-4,8H2,1-2H3,(H,17,18)/b12-7+. The number of carboxylic acids is 1. The normalized spacial score (nSPS) is 16.9. The summed E-state index contributed by atoms with van der Waals surface area (Å²) in [7, 11) is 1.46. The molecular formula is C15H17NO5S. The molecule has 0 aliphatic carbocycles.